The number of carbonyl (C=O) groups excluding carboxylic acids is 1. The second-order valence-corrected chi connectivity index (χ2v) is 3.19. The SMILES string of the molecule is Cc1ccc2c(c1)C(F)CC2=O. The molecule has 1 atom stereocenters. The number of hydrogen-bond acceptors (Lipinski definition) is 1. The summed E-state index contributed by atoms with van der Waals surface area (Å²) < 4.78 is 13.1. The molecule has 0 N–H and O–H groups in total. The van der Waals surface area contributed by atoms with E-state index in [1.807, 2.05) is 13.0 Å². The minimum Gasteiger partial charge on any atom is -0.294 e. The molecule has 0 heterocycles. The van der Waals surface area contributed by atoms with Crippen molar-refractivity contribution in [2.45, 2.75) is 19.5 Å². The average molecular weight is 164 g/mol. The summed E-state index contributed by atoms with van der Waals surface area (Å²) in [4.78, 5) is 11.1. The number of ketones is 1. The zero-order valence-corrected chi connectivity index (χ0v) is 6.80. The van der Waals surface area contributed by atoms with E-state index in [1.54, 1.807) is 12.1 Å². The summed E-state index contributed by atoms with van der Waals surface area (Å²) in [6.45, 7) is 1.90. The first-order chi connectivity index (χ1) is 5.68. The van der Waals surface area contributed by atoms with Crippen LogP contribution in [-0.2, 0) is 0 Å². The van der Waals surface area contributed by atoms with Crippen LogP contribution >= 0.6 is 0 Å². The van der Waals surface area contributed by atoms with Crippen LogP contribution in [-0.4, -0.2) is 5.78 Å². The normalized spacial score (nSPS) is 21.2. The number of hydrogen-bond donors (Lipinski definition) is 0. The van der Waals surface area contributed by atoms with Crippen LogP contribution in [0.5, 0.6) is 0 Å². The molecular formula is C10H9FO. The quantitative estimate of drug-likeness (QED) is 0.576. The summed E-state index contributed by atoms with van der Waals surface area (Å²) in [5.74, 6) is -0.0718. The Morgan fingerprint density at radius 1 is 1.50 bits per heavy atom. The van der Waals surface area contributed by atoms with E-state index in [0.29, 0.717) is 11.1 Å². The molecule has 12 heavy (non-hydrogen) atoms. The summed E-state index contributed by atoms with van der Waals surface area (Å²) in [7, 11) is 0. The number of fused-ring (bicyclic) bond motifs is 1. The fraction of sp³-hybridized carbons (Fsp3) is 0.300. The van der Waals surface area contributed by atoms with Gasteiger partial charge < -0.3 is 0 Å². The van der Waals surface area contributed by atoms with Gasteiger partial charge in [-0.25, -0.2) is 4.39 Å². The molecule has 0 spiro atoms. The summed E-state index contributed by atoms with van der Waals surface area (Å²) in [5, 5.41) is 0. The molecule has 1 aliphatic carbocycles. The van der Waals surface area contributed by atoms with E-state index in [4.69, 9.17) is 0 Å². The molecule has 1 unspecified atom stereocenters. The van der Waals surface area contributed by atoms with Crippen molar-refractivity contribution in [3.05, 3.63) is 34.9 Å². The van der Waals surface area contributed by atoms with E-state index in [1.165, 1.54) is 0 Å². The van der Waals surface area contributed by atoms with Crippen molar-refractivity contribution in [3.63, 3.8) is 0 Å². The van der Waals surface area contributed by atoms with E-state index in [9.17, 15) is 9.18 Å². The molecule has 1 nitrogen and oxygen atoms in total. The highest BCUT2D eigenvalue weighted by atomic mass is 19.1. The third-order valence-corrected chi connectivity index (χ3v) is 2.21. The van der Waals surface area contributed by atoms with Gasteiger partial charge >= 0.3 is 0 Å². The van der Waals surface area contributed by atoms with Crippen molar-refractivity contribution >= 4 is 5.78 Å². The number of carbonyl (C=O) groups is 1. The van der Waals surface area contributed by atoms with Crippen molar-refractivity contribution in [3.8, 4) is 0 Å². The average Bonchev–Trinajstić information content (AvgIpc) is 2.28. The topological polar surface area (TPSA) is 17.1 Å². The lowest BCUT2D eigenvalue weighted by Gasteiger charge is -2.00. The van der Waals surface area contributed by atoms with Gasteiger partial charge in [-0.2, -0.15) is 0 Å². The number of alkyl halides is 1. The van der Waals surface area contributed by atoms with Crippen LogP contribution < -0.4 is 0 Å². The first-order valence-electron chi connectivity index (χ1n) is 3.96. The Morgan fingerprint density at radius 3 is 3.00 bits per heavy atom. The van der Waals surface area contributed by atoms with Gasteiger partial charge in [0.05, 0.1) is 0 Å². The van der Waals surface area contributed by atoms with Gasteiger partial charge in [0.15, 0.2) is 5.78 Å². The predicted molar refractivity (Wildman–Crippen MR) is 44.0 cm³/mol. The number of Topliss-reactive ketones (excluding diaryl/α,β-unsaturated/α-hetero) is 1. The molecule has 0 fully saturated rings. The predicted octanol–water partition coefficient (Wildman–Crippen LogP) is 2.59. The van der Waals surface area contributed by atoms with Crippen LogP contribution in [0.25, 0.3) is 0 Å². The summed E-state index contributed by atoms with van der Waals surface area (Å²) >= 11 is 0. The monoisotopic (exact) mass is 164 g/mol. The lowest BCUT2D eigenvalue weighted by atomic mass is 10.1. The molecule has 2 rings (SSSR count). The standard InChI is InChI=1S/C10H9FO/c1-6-2-3-7-8(4-6)9(11)5-10(7)12/h2-4,9H,5H2,1H3. The molecule has 0 aliphatic heterocycles. The molecule has 1 aromatic carbocycles. The first-order valence-corrected chi connectivity index (χ1v) is 3.96. The maximum atomic E-state index is 13.1. The minimum atomic E-state index is -1.08. The van der Waals surface area contributed by atoms with Gasteiger partial charge in [-0.15, -0.1) is 0 Å². The summed E-state index contributed by atoms with van der Waals surface area (Å²) in [6.07, 6.45) is -1.05. The van der Waals surface area contributed by atoms with Crippen LogP contribution in [0.15, 0.2) is 18.2 Å². The van der Waals surface area contributed by atoms with E-state index < -0.39 is 6.17 Å². The highest BCUT2D eigenvalue weighted by molar-refractivity contribution is 6.01. The van der Waals surface area contributed by atoms with Crippen LogP contribution in [0.2, 0.25) is 0 Å². The van der Waals surface area contributed by atoms with Gasteiger partial charge in [0.1, 0.15) is 6.17 Å². The van der Waals surface area contributed by atoms with E-state index in [2.05, 4.69) is 0 Å². The highest BCUT2D eigenvalue weighted by Crippen LogP contribution is 2.34. The Kier molecular flexibility index (Phi) is 1.50. The van der Waals surface area contributed by atoms with E-state index >= 15 is 0 Å². The molecule has 1 aliphatic rings. The highest BCUT2D eigenvalue weighted by Gasteiger charge is 2.28. The Labute approximate surface area is 70.2 Å². The maximum Gasteiger partial charge on any atom is 0.166 e. The Bertz CT molecular complexity index is 344. The second kappa shape index (κ2) is 2.41. The fourth-order valence-electron chi connectivity index (χ4n) is 1.58. The number of benzene rings is 1. The smallest absolute Gasteiger partial charge is 0.166 e. The molecular weight excluding hydrogens is 155 g/mol. The van der Waals surface area contributed by atoms with Gasteiger partial charge in [0.25, 0.3) is 0 Å². The van der Waals surface area contributed by atoms with Crippen molar-refractivity contribution in [1.29, 1.82) is 0 Å². The van der Waals surface area contributed by atoms with Crippen LogP contribution in [0.1, 0.15) is 34.1 Å². The second-order valence-electron chi connectivity index (χ2n) is 3.19. The molecule has 0 amide bonds. The Balaban J connectivity index is 2.60. The van der Waals surface area contributed by atoms with Crippen molar-refractivity contribution in [1.82, 2.24) is 0 Å². The van der Waals surface area contributed by atoms with Gasteiger partial charge in [-0.1, -0.05) is 23.8 Å². The molecule has 0 aromatic heterocycles. The third kappa shape index (κ3) is 0.951. The fourth-order valence-corrected chi connectivity index (χ4v) is 1.58. The molecule has 0 radical (unpaired) electrons. The van der Waals surface area contributed by atoms with E-state index in [-0.39, 0.29) is 12.2 Å². The third-order valence-electron chi connectivity index (χ3n) is 2.21. The first kappa shape index (κ1) is 7.47. The van der Waals surface area contributed by atoms with Gasteiger partial charge in [-0.3, -0.25) is 4.79 Å². The molecule has 2 heteroatoms. The van der Waals surface area contributed by atoms with Crippen LogP contribution in [0, 0.1) is 6.92 Å². The lowest BCUT2D eigenvalue weighted by molar-refractivity contribution is 0.0972. The zero-order chi connectivity index (χ0) is 8.72. The molecule has 62 valence electrons. The zero-order valence-electron chi connectivity index (χ0n) is 6.80. The number of halogens is 1. The number of rotatable bonds is 0. The number of aryl methyl sites for hydroxylation is 1. The maximum absolute atomic E-state index is 13.1. The summed E-state index contributed by atoms with van der Waals surface area (Å²) in [5.41, 5.74) is 2.14. The van der Waals surface area contributed by atoms with E-state index in [0.717, 1.165) is 5.56 Å². The lowest BCUT2D eigenvalue weighted by Crippen LogP contribution is -1.90. The largest absolute Gasteiger partial charge is 0.294 e. The van der Waals surface area contributed by atoms with Gasteiger partial charge in [0.2, 0.25) is 0 Å². The van der Waals surface area contributed by atoms with Crippen molar-refractivity contribution in [2.24, 2.45) is 0 Å². The Morgan fingerprint density at radius 2 is 2.25 bits per heavy atom. The summed E-state index contributed by atoms with van der Waals surface area (Å²) in [6, 6.07) is 5.31. The van der Waals surface area contributed by atoms with Crippen LogP contribution in [0.3, 0.4) is 0 Å². The van der Waals surface area contributed by atoms with Crippen LogP contribution in [0.4, 0.5) is 4.39 Å². The molecule has 0 saturated heterocycles. The Hall–Kier alpha value is -1.18. The molecule has 1 aromatic rings. The van der Waals surface area contributed by atoms with Gasteiger partial charge in [0, 0.05) is 12.0 Å². The minimum absolute atomic E-state index is 0.0266. The van der Waals surface area contributed by atoms with Gasteiger partial charge in [-0.05, 0) is 12.5 Å². The molecule has 0 bridgehead atoms. The van der Waals surface area contributed by atoms with Crippen molar-refractivity contribution in [2.75, 3.05) is 0 Å². The molecule has 0 saturated carbocycles. The van der Waals surface area contributed by atoms with Crippen molar-refractivity contribution < 1.29 is 9.18 Å².